The maximum atomic E-state index is 10.8. The first kappa shape index (κ1) is 23.3. The Morgan fingerprint density at radius 2 is 1.68 bits per heavy atom. The third kappa shape index (κ3) is 3.27. The predicted molar refractivity (Wildman–Crippen MR) is 133 cm³/mol. The molecule has 4 rings (SSSR count). The van der Waals surface area contributed by atoms with Crippen LogP contribution in [0.25, 0.3) is 0 Å². The van der Waals surface area contributed by atoms with E-state index in [1.165, 1.54) is 56.9 Å². The van der Waals surface area contributed by atoms with E-state index in [4.69, 9.17) is 0 Å². The molecule has 0 aromatic carbocycles. The summed E-state index contributed by atoms with van der Waals surface area (Å²) in [6.07, 6.45) is 17.1. The van der Waals surface area contributed by atoms with Crippen molar-refractivity contribution in [1.29, 1.82) is 0 Å². The van der Waals surface area contributed by atoms with Crippen molar-refractivity contribution >= 4 is 0 Å². The van der Waals surface area contributed by atoms with Gasteiger partial charge in [-0.3, -0.25) is 0 Å². The fourth-order valence-corrected chi connectivity index (χ4v) is 9.22. The Balaban J connectivity index is 1.66. The molecule has 0 amide bonds. The molecule has 7 atom stereocenters. The Labute approximate surface area is 192 Å². The Morgan fingerprint density at radius 1 is 0.968 bits per heavy atom. The van der Waals surface area contributed by atoms with Crippen LogP contribution < -0.4 is 0 Å². The lowest BCUT2D eigenvalue weighted by atomic mass is 9.36. The van der Waals surface area contributed by atoms with Crippen molar-refractivity contribution in [2.24, 2.45) is 39.4 Å². The third-order valence-electron chi connectivity index (χ3n) is 11.3. The molecule has 0 aliphatic heterocycles. The molecule has 1 N–H and O–H groups in total. The summed E-state index contributed by atoms with van der Waals surface area (Å²) in [5.41, 5.74) is 5.97. The molecule has 0 bridgehead atoms. The molecule has 174 valence electrons. The number of aliphatic hydroxyl groups excluding tert-OH is 1. The van der Waals surface area contributed by atoms with E-state index < -0.39 is 0 Å². The summed E-state index contributed by atoms with van der Waals surface area (Å²) in [5.74, 6) is 2.10. The van der Waals surface area contributed by atoms with Crippen LogP contribution in [0.1, 0.15) is 107 Å². The largest absolute Gasteiger partial charge is 0.388 e. The molecule has 0 heterocycles. The molecule has 1 heteroatoms. The molecule has 3 fully saturated rings. The highest BCUT2D eigenvalue weighted by atomic mass is 16.3. The van der Waals surface area contributed by atoms with Gasteiger partial charge in [0.1, 0.15) is 0 Å². The van der Waals surface area contributed by atoms with Crippen molar-refractivity contribution in [1.82, 2.24) is 0 Å². The van der Waals surface area contributed by atoms with Crippen LogP contribution in [-0.2, 0) is 0 Å². The molecule has 0 spiro atoms. The smallest absolute Gasteiger partial charge is 0.0774 e. The number of hydrogen-bond donors (Lipinski definition) is 1. The SMILES string of the molecule is CC(C)=CCC/C(C)=C1/CC[C@@]2(C)[C@H]1CC[C@H]1[C@@]3(C)C=C[C@H](O)C(C)(C)[C@@H]3CC[C@@]12C. The van der Waals surface area contributed by atoms with Gasteiger partial charge in [-0.25, -0.2) is 0 Å². The van der Waals surface area contributed by atoms with E-state index in [1.54, 1.807) is 5.57 Å². The van der Waals surface area contributed by atoms with Crippen molar-refractivity contribution in [3.63, 3.8) is 0 Å². The second-order valence-corrected chi connectivity index (χ2v) is 13.2. The topological polar surface area (TPSA) is 20.2 Å². The minimum absolute atomic E-state index is 0.0230. The molecule has 1 nitrogen and oxygen atoms in total. The zero-order chi connectivity index (χ0) is 22.8. The molecule has 0 aromatic rings. The summed E-state index contributed by atoms with van der Waals surface area (Å²) in [6.45, 7) is 19.4. The summed E-state index contributed by atoms with van der Waals surface area (Å²) in [7, 11) is 0. The van der Waals surface area contributed by atoms with Gasteiger partial charge in [-0.15, -0.1) is 0 Å². The summed E-state index contributed by atoms with van der Waals surface area (Å²) in [5, 5.41) is 10.8. The van der Waals surface area contributed by atoms with Crippen molar-refractivity contribution in [3.05, 3.63) is 34.9 Å². The lowest BCUT2D eigenvalue weighted by Gasteiger charge is -2.68. The average molecular weight is 425 g/mol. The van der Waals surface area contributed by atoms with E-state index in [1.807, 2.05) is 5.57 Å². The van der Waals surface area contributed by atoms with Gasteiger partial charge >= 0.3 is 0 Å². The number of fused-ring (bicyclic) bond motifs is 5. The fraction of sp³-hybridized carbons (Fsp3) is 0.800. The average Bonchev–Trinajstić information content (AvgIpc) is 3.03. The molecule has 0 aromatic heterocycles. The van der Waals surface area contributed by atoms with Crippen LogP contribution in [0.5, 0.6) is 0 Å². The molecule has 31 heavy (non-hydrogen) atoms. The maximum Gasteiger partial charge on any atom is 0.0774 e. The molecular formula is C30H48O. The highest BCUT2D eigenvalue weighted by molar-refractivity contribution is 5.30. The minimum Gasteiger partial charge on any atom is -0.388 e. The van der Waals surface area contributed by atoms with Crippen molar-refractivity contribution in [3.8, 4) is 0 Å². The van der Waals surface area contributed by atoms with Gasteiger partial charge in [-0.1, -0.05) is 69.6 Å². The first-order valence-electron chi connectivity index (χ1n) is 13.1. The second-order valence-electron chi connectivity index (χ2n) is 13.2. The van der Waals surface area contributed by atoms with Gasteiger partial charge in [0.05, 0.1) is 6.10 Å². The maximum absolute atomic E-state index is 10.8. The molecule has 0 saturated heterocycles. The quantitative estimate of drug-likeness (QED) is 0.452. The first-order chi connectivity index (χ1) is 14.4. The Morgan fingerprint density at radius 3 is 2.35 bits per heavy atom. The van der Waals surface area contributed by atoms with E-state index in [0.29, 0.717) is 16.7 Å². The highest BCUT2D eigenvalue weighted by Gasteiger charge is 2.67. The monoisotopic (exact) mass is 424 g/mol. The standard InChI is InChI=1S/C30H48O/c1-20(2)10-9-11-21(3)22-14-18-29(7)23(22)12-13-25-28(6)17-16-26(31)27(4,5)24(28)15-19-30(25,29)8/h10,16-17,23-26,31H,9,11-15,18-19H2,1-8H3/b22-21-/t23-,24-,25-,26-,28-,29-,30-/m0/s1. The molecule has 0 radical (unpaired) electrons. The molecule has 4 aliphatic rings. The van der Waals surface area contributed by atoms with E-state index in [9.17, 15) is 5.11 Å². The van der Waals surface area contributed by atoms with E-state index in [-0.39, 0.29) is 16.9 Å². The zero-order valence-electron chi connectivity index (χ0n) is 21.6. The van der Waals surface area contributed by atoms with Crippen LogP contribution in [0.3, 0.4) is 0 Å². The molecule has 3 saturated carbocycles. The van der Waals surface area contributed by atoms with Gasteiger partial charge in [0.15, 0.2) is 0 Å². The van der Waals surface area contributed by atoms with E-state index in [2.05, 4.69) is 73.6 Å². The molecular weight excluding hydrogens is 376 g/mol. The minimum atomic E-state index is -0.300. The molecule has 4 aliphatic carbocycles. The van der Waals surface area contributed by atoms with Crippen molar-refractivity contribution in [2.75, 3.05) is 0 Å². The Bertz CT molecular complexity index is 808. The van der Waals surface area contributed by atoms with Crippen LogP contribution in [0.2, 0.25) is 0 Å². The number of rotatable bonds is 3. The van der Waals surface area contributed by atoms with E-state index >= 15 is 0 Å². The van der Waals surface area contributed by atoms with Gasteiger partial charge in [-0.05, 0) is 112 Å². The summed E-state index contributed by atoms with van der Waals surface area (Å²) in [6, 6.07) is 0. The lowest BCUT2D eigenvalue weighted by molar-refractivity contribution is -0.179. The number of aliphatic hydroxyl groups is 1. The predicted octanol–water partition coefficient (Wildman–Crippen LogP) is 8.26. The van der Waals surface area contributed by atoms with Crippen LogP contribution in [0.15, 0.2) is 34.9 Å². The summed E-state index contributed by atoms with van der Waals surface area (Å²) < 4.78 is 0. The third-order valence-corrected chi connectivity index (χ3v) is 11.3. The van der Waals surface area contributed by atoms with Crippen LogP contribution in [-0.4, -0.2) is 11.2 Å². The number of hydrogen-bond acceptors (Lipinski definition) is 1. The highest BCUT2D eigenvalue weighted by Crippen LogP contribution is 2.74. The van der Waals surface area contributed by atoms with Gasteiger partial charge in [0.25, 0.3) is 0 Å². The fourth-order valence-electron chi connectivity index (χ4n) is 9.22. The normalized spacial score (nSPS) is 47.3. The van der Waals surface area contributed by atoms with E-state index in [0.717, 1.165) is 11.8 Å². The Hall–Kier alpha value is -0.820. The van der Waals surface area contributed by atoms with Gasteiger partial charge < -0.3 is 5.11 Å². The van der Waals surface area contributed by atoms with Gasteiger partial charge in [0.2, 0.25) is 0 Å². The summed E-state index contributed by atoms with van der Waals surface area (Å²) in [4.78, 5) is 0. The van der Waals surface area contributed by atoms with Crippen LogP contribution in [0.4, 0.5) is 0 Å². The first-order valence-corrected chi connectivity index (χ1v) is 13.1. The van der Waals surface area contributed by atoms with Crippen LogP contribution >= 0.6 is 0 Å². The second kappa shape index (κ2) is 7.61. The number of allylic oxidation sites excluding steroid dienone is 5. The van der Waals surface area contributed by atoms with Crippen molar-refractivity contribution in [2.45, 2.75) is 113 Å². The summed E-state index contributed by atoms with van der Waals surface area (Å²) >= 11 is 0. The Kier molecular flexibility index (Phi) is 5.73. The van der Waals surface area contributed by atoms with Gasteiger partial charge in [0, 0.05) is 0 Å². The zero-order valence-corrected chi connectivity index (χ0v) is 21.6. The lowest BCUT2D eigenvalue weighted by Crippen LogP contribution is -2.62. The molecule has 0 unspecified atom stereocenters. The van der Waals surface area contributed by atoms with Gasteiger partial charge in [-0.2, -0.15) is 0 Å². The van der Waals surface area contributed by atoms with Crippen LogP contribution in [0, 0.1) is 39.4 Å². The van der Waals surface area contributed by atoms with Crippen molar-refractivity contribution < 1.29 is 5.11 Å².